The summed E-state index contributed by atoms with van der Waals surface area (Å²) in [5.41, 5.74) is 0. The van der Waals surface area contributed by atoms with Gasteiger partial charge in [-0.05, 0) is 38.3 Å². The number of nitrogens with zero attached hydrogens (tertiary/aromatic N) is 2. The Labute approximate surface area is 118 Å². The second-order valence-corrected chi connectivity index (χ2v) is 5.57. The molecule has 108 valence electrons. The largest absolute Gasteiger partial charge is 0.467 e. The fourth-order valence-electron chi connectivity index (χ4n) is 3.22. The quantitative estimate of drug-likeness (QED) is 0.829. The van der Waals surface area contributed by atoms with Gasteiger partial charge in [0.2, 0.25) is 11.8 Å². The van der Waals surface area contributed by atoms with E-state index in [4.69, 9.17) is 4.42 Å². The number of piperidine rings is 1. The third kappa shape index (κ3) is 2.21. The molecule has 3 heterocycles. The lowest BCUT2D eigenvalue weighted by atomic mass is 10.0. The molecule has 20 heavy (non-hydrogen) atoms. The summed E-state index contributed by atoms with van der Waals surface area (Å²) in [5, 5.41) is 0. The maximum Gasteiger partial charge on any atom is 0.246 e. The SMILES string of the molecule is CC(c1ccco1)N1CCC(=O)N2CCCCC2C1=O. The second-order valence-electron chi connectivity index (χ2n) is 5.57. The molecule has 0 aromatic carbocycles. The van der Waals surface area contributed by atoms with Gasteiger partial charge in [0.05, 0.1) is 12.3 Å². The van der Waals surface area contributed by atoms with Gasteiger partial charge in [0.15, 0.2) is 0 Å². The monoisotopic (exact) mass is 276 g/mol. The standard InChI is InChI=1S/C15H20N2O3/c1-11(13-6-4-10-20-13)16-9-7-14(18)17-8-3-2-5-12(17)15(16)19/h4,6,10-12H,2-3,5,7-9H2,1H3. The first kappa shape index (κ1) is 13.2. The van der Waals surface area contributed by atoms with E-state index in [-0.39, 0.29) is 23.9 Å². The van der Waals surface area contributed by atoms with Crippen molar-refractivity contribution in [1.82, 2.24) is 9.80 Å². The maximum atomic E-state index is 12.8. The Hall–Kier alpha value is -1.78. The minimum Gasteiger partial charge on any atom is -0.467 e. The van der Waals surface area contributed by atoms with E-state index in [9.17, 15) is 9.59 Å². The van der Waals surface area contributed by atoms with E-state index in [0.29, 0.717) is 13.0 Å². The normalized spacial score (nSPS) is 25.4. The number of furan rings is 1. The molecule has 0 bridgehead atoms. The Morgan fingerprint density at radius 3 is 2.90 bits per heavy atom. The van der Waals surface area contributed by atoms with Crippen LogP contribution < -0.4 is 0 Å². The molecule has 0 radical (unpaired) electrons. The summed E-state index contributed by atoms with van der Waals surface area (Å²) in [6.07, 6.45) is 4.83. The van der Waals surface area contributed by atoms with Crippen LogP contribution in [0.3, 0.4) is 0 Å². The Morgan fingerprint density at radius 1 is 1.30 bits per heavy atom. The zero-order chi connectivity index (χ0) is 14.1. The number of rotatable bonds is 2. The van der Waals surface area contributed by atoms with Crippen LogP contribution in [0.4, 0.5) is 0 Å². The zero-order valence-corrected chi connectivity index (χ0v) is 11.7. The topological polar surface area (TPSA) is 53.8 Å². The van der Waals surface area contributed by atoms with E-state index in [0.717, 1.165) is 31.6 Å². The zero-order valence-electron chi connectivity index (χ0n) is 11.7. The minimum atomic E-state index is -0.267. The molecule has 0 N–H and O–H groups in total. The highest BCUT2D eigenvalue weighted by atomic mass is 16.3. The lowest BCUT2D eigenvalue weighted by Crippen LogP contribution is -2.50. The molecule has 2 aliphatic rings. The molecule has 2 fully saturated rings. The predicted octanol–water partition coefficient (Wildman–Crippen LogP) is 1.95. The van der Waals surface area contributed by atoms with Crippen LogP contribution in [0.25, 0.3) is 0 Å². The van der Waals surface area contributed by atoms with Crippen LogP contribution in [0, 0.1) is 0 Å². The molecule has 5 nitrogen and oxygen atoms in total. The third-order valence-electron chi connectivity index (χ3n) is 4.38. The molecule has 2 aliphatic heterocycles. The Bertz CT molecular complexity index is 497. The number of carbonyl (C=O) groups is 2. The van der Waals surface area contributed by atoms with Gasteiger partial charge in [-0.25, -0.2) is 0 Å². The highest BCUT2D eigenvalue weighted by Gasteiger charge is 2.39. The fraction of sp³-hybridized carbons (Fsp3) is 0.600. The molecule has 2 amide bonds. The van der Waals surface area contributed by atoms with Gasteiger partial charge in [0, 0.05) is 19.5 Å². The molecule has 0 saturated carbocycles. The molecular weight excluding hydrogens is 256 g/mol. The van der Waals surface area contributed by atoms with Gasteiger partial charge < -0.3 is 14.2 Å². The van der Waals surface area contributed by atoms with E-state index >= 15 is 0 Å². The summed E-state index contributed by atoms with van der Waals surface area (Å²) >= 11 is 0. The van der Waals surface area contributed by atoms with Gasteiger partial charge in [0.25, 0.3) is 0 Å². The van der Waals surface area contributed by atoms with Crippen LogP contribution in [-0.4, -0.2) is 40.7 Å². The van der Waals surface area contributed by atoms with Crippen LogP contribution in [0.5, 0.6) is 0 Å². The van der Waals surface area contributed by atoms with Gasteiger partial charge >= 0.3 is 0 Å². The molecular formula is C15H20N2O3. The minimum absolute atomic E-state index is 0.0689. The van der Waals surface area contributed by atoms with Crippen LogP contribution in [0.1, 0.15) is 44.4 Å². The van der Waals surface area contributed by atoms with Crippen molar-refractivity contribution in [2.24, 2.45) is 0 Å². The number of hydrogen-bond donors (Lipinski definition) is 0. The number of amides is 2. The molecule has 3 rings (SSSR count). The maximum absolute atomic E-state index is 12.8. The van der Waals surface area contributed by atoms with E-state index < -0.39 is 0 Å². The molecule has 2 atom stereocenters. The Morgan fingerprint density at radius 2 is 2.15 bits per heavy atom. The summed E-state index contributed by atoms with van der Waals surface area (Å²) in [4.78, 5) is 28.5. The number of hydrogen-bond acceptors (Lipinski definition) is 3. The van der Waals surface area contributed by atoms with Crippen LogP contribution in [0.15, 0.2) is 22.8 Å². The highest BCUT2D eigenvalue weighted by molar-refractivity contribution is 5.90. The van der Waals surface area contributed by atoms with E-state index in [1.165, 1.54) is 0 Å². The second kappa shape index (κ2) is 5.31. The first-order valence-electron chi connectivity index (χ1n) is 7.32. The van der Waals surface area contributed by atoms with Gasteiger partial charge in [-0.1, -0.05) is 0 Å². The Balaban J connectivity index is 1.85. The van der Waals surface area contributed by atoms with Crippen LogP contribution in [-0.2, 0) is 9.59 Å². The molecule has 0 aliphatic carbocycles. The van der Waals surface area contributed by atoms with Crippen molar-refractivity contribution >= 4 is 11.8 Å². The molecule has 1 aromatic heterocycles. The first-order valence-corrected chi connectivity index (χ1v) is 7.32. The van der Waals surface area contributed by atoms with Crippen molar-refractivity contribution in [3.8, 4) is 0 Å². The van der Waals surface area contributed by atoms with Gasteiger partial charge in [-0.15, -0.1) is 0 Å². The lowest BCUT2D eigenvalue weighted by Gasteiger charge is -2.35. The van der Waals surface area contributed by atoms with Gasteiger partial charge in [-0.3, -0.25) is 9.59 Å². The van der Waals surface area contributed by atoms with E-state index in [1.807, 2.05) is 19.1 Å². The highest BCUT2D eigenvalue weighted by Crippen LogP contribution is 2.28. The molecule has 5 heteroatoms. The summed E-state index contributed by atoms with van der Waals surface area (Å²) < 4.78 is 5.41. The smallest absolute Gasteiger partial charge is 0.246 e. The summed E-state index contributed by atoms with van der Waals surface area (Å²) in [6.45, 7) is 3.16. The van der Waals surface area contributed by atoms with Gasteiger partial charge in [0.1, 0.15) is 11.8 Å². The van der Waals surface area contributed by atoms with Gasteiger partial charge in [-0.2, -0.15) is 0 Å². The van der Waals surface area contributed by atoms with Crippen LogP contribution >= 0.6 is 0 Å². The number of carbonyl (C=O) groups excluding carboxylic acids is 2. The van der Waals surface area contributed by atoms with Crippen molar-refractivity contribution in [3.63, 3.8) is 0 Å². The van der Waals surface area contributed by atoms with Crippen molar-refractivity contribution in [2.75, 3.05) is 13.1 Å². The van der Waals surface area contributed by atoms with Crippen molar-refractivity contribution in [2.45, 2.75) is 44.7 Å². The van der Waals surface area contributed by atoms with E-state index in [1.54, 1.807) is 16.1 Å². The summed E-state index contributed by atoms with van der Waals surface area (Å²) in [5.74, 6) is 0.951. The summed E-state index contributed by atoms with van der Waals surface area (Å²) in [7, 11) is 0. The average molecular weight is 276 g/mol. The average Bonchev–Trinajstić information content (AvgIpc) is 2.97. The van der Waals surface area contributed by atoms with Crippen molar-refractivity contribution < 1.29 is 14.0 Å². The summed E-state index contributed by atoms with van der Waals surface area (Å²) in [6, 6.07) is 3.32. The fourth-order valence-corrected chi connectivity index (χ4v) is 3.22. The Kier molecular flexibility index (Phi) is 3.51. The lowest BCUT2D eigenvalue weighted by molar-refractivity contribution is -0.144. The molecule has 1 aromatic rings. The van der Waals surface area contributed by atoms with E-state index in [2.05, 4.69) is 0 Å². The molecule has 0 spiro atoms. The molecule has 2 saturated heterocycles. The van der Waals surface area contributed by atoms with Crippen molar-refractivity contribution in [1.29, 1.82) is 0 Å². The first-order chi connectivity index (χ1) is 9.68. The van der Waals surface area contributed by atoms with Crippen LogP contribution in [0.2, 0.25) is 0 Å². The van der Waals surface area contributed by atoms with Crippen molar-refractivity contribution in [3.05, 3.63) is 24.2 Å². The number of fused-ring (bicyclic) bond motifs is 1. The molecule has 2 unspecified atom stereocenters. The third-order valence-corrected chi connectivity index (χ3v) is 4.38. The predicted molar refractivity (Wildman–Crippen MR) is 72.8 cm³/mol.